The standard InChI is InChI=1S/C18H18BrN3OS/c1-3-4-5-17-21-16-9-7-13(19)10-15(16)18(23)22(17)20-11-14-8-6-12(2)24-14/h6-11H,3-5H2,1-2H3. The zero-order chi connectivity index (χ0) is 17.1. The molecule has 0 saturated heterocycles. The molecule has 0 saturated carbocycles. The van der Waals surface area contributed by atoms with Crippen LogP contribution < -0.4 is 5.56 Å². The van der Waals surface area contributed by atoms with E-state index < -0.39 is 0 Å². The predicted octanol–water partition coefficient (Wildman–Crippen LogP) is 4.75. The van der Waals surface area contributed by atoms with Crippen LogP contribution in [0.15, 0.2) is 44.7 Å². The first-order valence-corrected chi connectivity index (χ1v) is 9.51. The average molecular weight is 404 g/mol. The van der Waals surface area contributed by atoms with Crippen molar-refractivity contribution in [2.45, 2.75) is 33.1 Å². The van der Waals surface area contributed by atoms with E-state index in [-0.39, 0.29) is 5.56 Å². The molecule has 0 aliphatic heterocycles. The van der Waals surface area contributed by atoms with Gasteiger partial charge in [0.05, 0.1) is 17.1 Å². The number of nitrogens with zero attached hydrogens (tertiary/aromatic N) is 3. The van der Waals surface area contributed by atoms with Crippen LogP contribution in [0.25, 0.3) is 10.9 Å². The van der Waals surface area contributed by atoms with Crippen LogP contribution in [0.4, 0.5) is 0 Å². The van der Waals surface area contributed by atoms with Gasteiger partial charge in [-0.1, -0.05) is 29.3 Å². The van der Waals surface area contributed by atoms with E-state index in [0.29, 0.717) is 16.7 Å². The maximum absolute atomic E-state index is 12.9. The third-order valence-electron chi connectivity index (χ3n) is 3.69. The zero-order valence-electron chi connectivity index (χ0n) is 13.6. The molecule has 0 bridgehead atoms. The van der Waals surface area contributed by atoms with Gasteiger partial charge in [0.1, 0.15) is 5.82 Å². The third kappa shape index (κ3) is 3.65. The molecule has 0 unspecified atom stereocenters. The van der Waals surface area contributed by atoms with Gasteiger partial charge in [0.15, 0.2) is 0 Å². The van der Waals surface area contributed by atoms with Crippen molar-refractivity contribution in [3.63, 3.8) is 0 Å². The quantitative estimate of drug-likeness (QED) is 0.576. The van der Waals surface area contributed by atoms with Crippen molar-refractivity contribution < 1.29 is 0 Å². The summed E-state index contributed by atoms with van der Waals surface area (Å²) < 4.78 is 2.30. The Morgan fingerprint density at radius 1 is 1.33 bits per heavy atom. The molecular weight excluding hydrogens is 386 g/mol. The number of fused-ring (bicyclic) bond motifs is 1. The van der Waals surface area contributed by atoms with Crippen LogP contribution in [-0.2, 0) is 6.42 Å². The number of hydrogen-bond acceptors (Lipinski definition) is 4. The largest absolute Gasteiger partial charge is 0.282 e. The van der Waals surface area contributed by atoms with Crippen LogP contribution in [0.5, 0.6) is 0 Å². The highest BCUT2D eigenvalue weighted by atomic mass is 79.9. The summed E-state index contributed by atoms with van der Waals surface area (Å²) in [5, 5.41) is 5.01. The average Bonchev–Trinajstić information content (AvgIpc) is 2.98. The normalized spacial score (nSPS) is 11.6. The lowest BCUT2D eigenvalue weighted by molar-refractivity contribution is 0.675. The summed E-state index contributed by atoms with van der Waals surface area (Å²) in [6.45, 7) is 4.17. The molecule has 2 heterocycles. The fourth-order valence-corrected chi connectivity index (χ4v) is 3.55. The molecule has 0 aliphatic rings. The highest BCUT2D eigenvalue weighted by Gasteiger charge is 2.10. The smallest absolute Gasteiger partial charge is 0.267 e. The molecule has 24 heavy (non-hydrogen) atoms. The maximum atomic E-state index is 12.9. The fourth-order valence-electron chi connectivity index (χ4n) is 2.45. The van der Waals surface area contributed by atoms with Crippen molar-refractivity contribution >= 4 is 44.4 Å². The SMILES string of the molecule is CCCCc1nc2ccc(Br)cc2c(=O)n1N=Cc1ccc(C)s1. The number of aromatic nitrogens is 2. The molecule has 0 aliphatic carbocycles. The zero-order valence-corrected chi connectivity index (χ0v) is 16.0. The molecule has 0 amide bonds. The molecule has 4 nitrogen and oxygen atoms in total. The molecular formula is C18H18BrN3OS. The number of thiophene rings is 1. The highest BCUT2D eigenvalue weighted by molar-refractivity contribution is 9.10. The molecule has 2 aromatic heterocycles. The van der Waals surface area contributed by atoms with E-state index in [4.69, 9.17) is 0 Å². The lowest BCUT2D eigenvalue weighted by atomic mass is 10.2. The maximum Gasteiger partial charge on any atom is 0.282 e. The number of unbranched alkanes of at least 4 members (excludes halogenated alkanes) is 1. The Morgan fingerprint density at radius 3 is 2.88 bits per heavy atom. The summed E-state index contributed by atoms with van der Waals surface area (Å²) in [5.74, 6) is 0.709. The molecule has 0 radical (unpaired) electrons. The number of rotatable bonds is 5. The van der Waals surface area contributed by atoms with Gasteiger partial charge in [0.25, 0.3) is 5.56 Å². The van der Waals surface area contributed by atoms with E-state index in [0.717, 1.165) is 28.6 Å². The summed E-state index contributed by atoms with van der Waals surface area (Å²) in [6, 6.07) is 9.62. The first-order valence-electron chi connectivity index (χ1n) is 7.90. The first kappa shape index (κ1) is 17.0. The van der Waals surface area contributed by atoms with Crippen molar-refractivity contribution in [3.05, 3.63) is 60.7 Å². The molecule has 0 N–H and O–H groups in total. The Morgan fingerprint density at radius 2 is 2.17 bits per heavy atom. The summed E-state index contributed by atoms with van der Waals surface area (Å²) in [6.07, 6.45) is 4.49. The Kier molecular flexibility index (Phi) is 5.26. The number of benzene rings is 1. The Balaban J connectivity index is 2.13. The number of hydrogen-bond donors (Lipinski definition) is 0. The molecule has 3 rings (SSSR count). The van der Waals surface area contributed by atoms with Gasteiger partial charge < -0.3 is 0 Å². The highest BCUT2D eigenvalue weighted by Crippen LogP contribution is 2.17. The minimum absolute atomic E-state index is 0.128. The van der Waals surface area contributed by atoms with Crippen molar-refractivity contribution in [2.75, 3.05) is 0 Å². The molecule has 0 fully saturated rings. The van der Waals surface area contributed by atoms with Crippen LogP contribution in [-0.4, -0.2) is 15.9 Å². The number of aryl methyl sites for hydroxylation is 2. The van der Waals surface area contributed by atoms with Gasteiger partial charge in [0.2, 0.25) is 0 Å². The van der Waals surface area contributed by atoms with E-state index in [9.17, 15) is 4.79 Å². The van der Waals surface area contributed by atoms with E-state index in [1.807, 2.05) is 24.3 Å². The second kappa shape index (κ2) is 7.40. The van der Waals surface area contributed by atoms with Crippen LogP contribution in [0, 0.1) is 6.92 Å². The van der Waals surface area contributed by atoms with E-state index in [1.54, 1.807) is 23.6 Å². The Bertz CT molecular complexity index is 959. The van der Waals surface area contributed by atoms with Crippen molar-refractivity contribution in [1.82, 2.24) is 9.66 Å². The summed E-state index contributed by atoms with van der Waals surface area (Å²) >= 11 is 5.07. The van der Waals surface area contributed by atoms with Crippen LogP contribution in [0.2, 0.25) is 0 Å². The second-order valence-electron chi connectivity index (χ2n) is 5.60. The minimum Gasteiger partial charge on any atom is -0.267 e. The minimum atomic E-state index is -0.128. The van der Waals surface area contributed by atoms with E-state index in [1.165, 1.54) is 9.55 Å². The van der Waals surface area contributed by atoms with Crippen LogP contribution >= 0.6 is 27.3 Å². The second-order valence-corrected chi connectivity index (χ2v) is 7.84. The van der Waals surface area contributed by atoms with Crippen LogP contribution in [0.3, 0.4) is 0 Å². The molecule has 6 heteroatoms. The monoisotopic (exact) mass is 403 g/mol. The van der Waals surface area contributed by atoms with Crippen molar-refractivity contribution in [3.8, 4) is 0 Å². The van der Waals surface area contributed by atoms with E-state index in [2.05, 4.69) is 39.9 Å². The van der Waals surface area contributed by atoms with Gasteiger partial charge in [-0.05, 0) is 43.7 Å². The predicted molar refractivity (Wildman–Crippen MR) is 104 cm³/mol. The van der Waals surface area contributed by atoms with E-state index >= 15 is 0 Å². The van der Waals surface area contributed by atoms with Gasteiger partial charge in [0, 0.05) is 20.6 Å². The summed E-state index contributed by atoms with van der Waals surface area (Å²) in [4.78, 5) is 19.8. The molecule has 0 atom stereocenters. The van der Waals surface area contributed by atoms with Gasteiger partial charge in [-0.2, -0.15) is 9.78 Å². The van der Waals surface area contributed by atoms with Gasteiger partial charge in [-0.15, -0.1) is 11.3 Å². The Hall–Kier alpha value is -1.79. The first-order chi connectivity index (χ1) is 11.6. The lowest BCUT2D eigenvalue weighted by Gasteiger charge is -2.09. The lowest BCUT2D eigenvalue weighted by Crippen LogP contribution is -2.22. The van der Waals surface area contributed by atoms with Gasteiger partial charge in [-0.25, -0.2) is 4.98 Å². The molecule has 3 aromatic rings. The van der Waals surface area contributed by atoms with Gasteiger partial charge in [-0.3, -0.25) is 4.79 Å². The van der Waals surface area contributed by atoms with Crippen molar-refractivity contribution in [1.29, 1.82) is 0 Å². The topological polar surface area (TPSA) is 47.2 Å². The van der Waals surface area contributed by atoms with Crippen LogP contribution in [0.1, 0.15) is 35.3 Å². The fraction of sp³-hybridized carbons (Fsp3) is 0.278. The third-order valence-corrected chi connectivity index (χ3v) is 5.12. The Labute approximate surface area is 153 Å². The summed E-state index contributed by atoms with van der Waals surface area (Å²) in [7, 11) is 0. The summed E-state index contributed by atoms with van der Waals surface area (Å²) in [5.41, 5.74) is 0.588. The number of halogens is 1. The van der Waals surface area contributed by atoms with Crippen molar-refractivity contribution in [2.24, 2.45) is 5.10 Å². The molecule has 1 aromatic carbocycles. The molecule has 124 valence electrons. The van der Waals surface area contributed by atoms with Gasteiger partial charge >= 0.3 is 0 Å². The molecule has 0 spiro atoms.